The molecule has 0 heterocycles. The van der Waals surface area contributed by atoms with Crippen molar-refractivity contribution in [1.29, 1.82) is 0 Å². The topological polar surface area (TPSA) is 30.9 Å². The van der Waals surface area contributed by atoms with Gasteiger partial charge < -0.3 is 13.6 Å². The Labute approximate surface area is 114 Å². The Bertz CT molecular complexity index is 183. The van der Waals surface area contributed by atoms with Crippen LogP contribution in [0.3, 0.4) is 0 Å². The van der Waals surface area contributed by atoms with E-state index in [1.54, 1.807) is 0 Å². The van der Waals surface area contributed by atoms with Crippen LogP contribution in [0.4, 0.5) is 0 Å². The summed E-state index contributed by atoms with van der Waals surface area (Å²) >= 11 is 0. The highest BCUT2D eigenvalue weighted by molar-refractivity contribution is 6.66. The maximum atomic E-state index is 5.79. The van der Waals surface area contributed by atoms with E-state index in [0.717, 1.165) is 52.1 Å². The Morgan fingerprint density at radius 1 is 0.944 bits per heavy atom. The van der Waals surface area contributed by atoms with Crippen LogP contribution < -0.4 is 0 Å². The van der Waals surface area contributed by atoms with E-state index in [1.807, 2.05) is 13.8 Å². The van der Waals surface area contributed by atoms with Gasteiger partial charge in [0.25, 0.3) is 0 Å². The molecule has 0 saturated carbocycles. The summed E-state index contributed by atoms with van der Waals surface area (Å²) in [5, 5.41) is 0. The zero-order valence-electron chi connectivity index (χ0n) is 12.8. The molecule has 0 fully saturated rings. The molecule has 110 valence electrons. The van der Waals surface area contributed by atoms with Gasteiger partial charge in [-0.3, -0.25) is 4.90 Å². The van der Waals surface area contributed by atoms with Gasteiger partial charge in [0.05, 0.1) is 6.73 Å². The summed E-state index contributed by atoms with van der Waals surface area (Å²) in [5.74, 6) is 0. The highest BCUT2D eigenvalue weighted by Crippen LogP contribution is 2.15. The van der Waals surface area contributed by atoms with Gasteiger partial charge in [-0.25, -0.2) is 0 Å². The zero-order chi connectivity index (χ0) is 13.9. The first-order valence-corrected chi connectivity index (χ1v) is 9.72. The maximum absolute atomic E-state index is 5.79. The number of rotatable bonds is 12. The molecule has 0 amide bonds. The van der Waals surface area contributed by atoms with Crippen LogP contribution in [0.1, 0.15) is 34.1 Å². The molecular weight excluding hydrogens is 246 g/mol. The molecular formula is C13H31NO3Si. The van der Waals surface area contributed by atoms with E-state index in [9.17, 15) is 0 Å². The van der Waals surface area contributed by atoms with Crippen LogP contribution in [0.25, 0.3) is 0 Å². The molecule has 0 aliphatic rings. The standard InChI is InChI=1S/C13H31NO3Si/c1-6-14(7-2)13-15-11-10-12-18(5,16-8-3)17-9-4/h6-13H2,1-5H3. The first-order valence-electron chi connectivity index (χ1n) is 7.19. The lowest BCUT2D eigenvalue weighted by Gasteiger charge is -2.26. The van der Waals surface area contributed by atoms with Crippen LogP contribution in [0.5, 0.6) is 0 Å². The lowest BCUT2D eigenvalue weighted by atomic mass is 10.5. The SMILES string of the molecule is CCO[Si](C)(CCCOCN(CC)CC)OCC. The molecule has 0 aromatic carbocycles. The Morgan fingerprint density at radius 3 is 1.94 bits per heavy atom. The fourth-order valence-corrected chi connectivity index (χ4v) is 4.27. The predicted octanol–water partition coefficient (Wildman–Crippen LogP) is 2.84. The van der Waals surface area contributed by atoms with Crippen molar-refractivity contribution in [2.75, 3.05) is 39.6 Å². The molecule has 0 aromatic rings. The minimum atomic E-state index is -1.94. The molecule has 0 aromatic heterocycles. The summed E-state index contributed by atoms with van der Waals surface area (Å²) in [4.78, 5) is 2.27. The maximum Gasteiger partial charge on any atom is 0.334 e. The van der Waals surface area contributed by atoms with E-state index < -0.39 is 8.56 Å². The molecule has 0 rings (SSSR count). The van der Waals surface area contributed by atoms with Crippen molar-refractivity contribution in [3.05, 3.63) is 0 Å². The first-order chi connectivity index (χ1) is 8.61. The fourth-order valence-electron chi connectivity index (χ4n) is 1.89. The molecule has 0 aliphatic carbocycles. The molecule has 4 nitrogen and oxygen atoms in total. The quantitative estimate of drug-likeness (QED) is 0.312. The van der Waals surface area contributed by atoms with Crippen molar-refractivity contribution >= 4 is 8.56 Å². The van der Waals surface area contributed by atoms with Crippen molar-refractivity contribution in [3.8, 4) is 0 Å². The molecule has 0 bridgehead atoms. The van der Waals surface area contributed by atoms with Crippen LogP contribution in [0, 0.1) is 0 Å². The van der Waals surface area contributed by atoms with E-state index in [-0.39, 0.29) is 0 Å². The van der Waals surface area contributed by atoms with Gasteiger partial charge in [0.2, 0.25) is 0 Å². The molecule has 0 radical (unpaired) electrons. The van der Waals surface area contributed by atoms with Crippen molar-refractivity contribution < 1.29 is 13.6 Å². The van der Waals surface area contributed by atoms with Crippen molar-refractivity contribution in [2.45, 2.75) is 46.7 Å². The molecule has 0 atom stereocenters. The van der Waals surface area contributed by atoms with Gasteiger partial charge >= 0.3 is 8.56 Å². The van der Waals surface area contributed by atoms with Crippen LogP contribution in [0.15, 0.2) is 0 Å². The average Bonchev–Trinajstić information content (AvgIpc) is 2.34. The number of ether oxygens (including phenoxy) is 1. The van der Waals surface area contributed by atoms with E-state index in [2.05, 4.69) is 25.3 Å². The largest absolute Gasteiger partial charge is 0.395 e. The van der Waals surface area contributed by atoms with Crippen LogP contribution in [-0.2, 0) is 13.6 Å². The third-order valence-electron chi connectivity index (χ3n) is 2.99. The summed E-state index contributed by atoms with van der Waals surface area (Å²) in [5.41, 5.74) is 0. The summed E-state index contributed by atoms with van der Waals surface area (Å²) < 4.78 is 17.2. The van der Waals surface area contributed by atoms with Crippen molar-refractivity contribution in [1.82, 2.24) is 4.90 Å². The highest BCUT2D eigenvalue weighted by atomic mass is 28.4. The van der Waals surface area contributed by atoms with Gasteiger partial charge in [0, 0.05) is 19.8 Å². The fraction of sp³-hybridized carbons (Fsp3) is 1.00. The Kier molecular flexibility index (Phi) is 11.0. The van der Waals surface area contributed by atoms with Gasteiger partial charge in [-0.05, 0) is 45.9 Å². The number of hydrogen-bond acceptors (Lipinski definition) is 4. The summed E-state index contributed by atoms with van der Waals surface area (Å²) in [6, 6.07) is 1.01. The lowest BCUT2D eigenvalue weighted by molar-refractivity contribution is 0.0335. The Balaban J connectivity index is 3.72. The van der Waals surface area contributed by atoms with Gasteiger partial charge in [-0.15, -0.1) is 0 Å². The molecule has 0 spiro atoms. The third-order valence-corrected chi connectivity index (χ3v) is 6.05. The first kappa shape index (κ1) is 18.1. The predicted molar refractivity (Wildman–Crippen MR) is 78.0 cm³/mol. The minimum absolute atomic E-state index is 0.731. The second-order valence-electron chi connectivity index (χ2n) is 4.44. The highest BCUT2D eigenvalue weighted by Gasteiger charge is 2.29. The van der Waals surface area contributed by atoms with Crippen LogP contribution in [-0.4, -0.2) is 53.1 Å². The van der Waals surface area contributed by atoms with Crippen molar-refractivity contribution in [3.63, 3.8) is 0 Å². The van der Waals surface area contributed by atoms with Gasteiger partial charge in [-0.1, -0.05) is 13.8 Å². The van der Waals surface area contributed by atoms with Gasteiger partial charge in [0.15, 0.2) is 0 Å². The molecule has 0 N–H and O–H groups in total. The average molecular weight is 277 g/mol. The summed E-state index contributed by atoms with van der Waals surface area (Å²) in [6.07, 6.45) is 1.02. The smallest absolute Gasteiger partial charge is 0.334 e. The van der Waals surface area contributed by atoms with Crippen LogP contribution in [0.2, 0.25) is 12.6 Å². The van der Waals surface area contributed by atoms with E-state index >= 15 is 0 Å². The third kappa shape index (κ3) is 8.21. The molecule has 0 aliphatic heterocycles. The van der Waals surface area contributed by atoms with E-state index in [4.69, 9.17) is 13.6 Å². The van der Waals surface area contributed by atoms with Crippen LogP contribution >= 0.6 is 0 Å². The normalized spacial score (nSPS) is 12.3. The Morgan fingerprint density at radius 2 is 1.50 bits per heavy atom. The molecule has 0 unspecified atom stereocenters. The minimum Gasteiger partial charge on any atom is -0.395 e. The molecule has 0 saturated heterocycles. The van der Waals surface area contributed by atoms with E-state index in [1.165, 1.54) is 0 Å². The zero-order valence-corrected chi connectivity index (χ0v) is 13.8. The number of nitrogens with zero attached hydrogens (tertiary/aromatic N) is 1. The van der Waals surface area contributed by atoms with Crippen molar-refractivity contribution in [2.24, 2.45) is 0 Å². The van der Waals surface area contributed by atoms with Gasteiger partial charge in [0.1, 0.15) is 0 Å². The second-order valence-corrected chi connectivity index (χ2v) is 7.79. The number of hydrogen-bond donors (Lipinski definition) is 0. The Hall–Kier alpha value is 0.0569. The van der Waals surface area contributed by atoms with E-state index in [0.29, 0.717) is 0 Å². The summed E-state index contributed by atoms with van der Waals surface area (Å²) in [7, 11) is -1.94. The lowest BCUT2D eigenvalue weighted by Crippen LogP contribution is -2.39. The van der Waals surface area contributed by atoms with Gasteiger partial charge in [-0.2, -0.15) is 0 Å². The molecule has 5 heteroatoms. The second kappa shape index (κ2) is 10.9. The molecule has 18 heavy (non-hydrogen) atoms. The summed E-state index contributed by atoms with van der Waals surface area (Å²) in [6.45, 7) is 15.6. The monoisotopic (exact) mass is 277 g/mol.